The van der Waals surface area contributed by atoms with Crippen LogP contribution >= 0.6 is 34.8 Å². The zero-order valence-electron chi connectivity index (χ0n) is 18.9. The number of morpholine rings is 1. The molecule has 0 spiro atoms. The molecule has 0 unspecified atom stereocenters. The van der Waals surface area contributed by atoms with E-state index in [1.165, 1.54) is 65.0 Å². The number of sulfonamides is 2. The monoisotopic (exact) mass is 603 g/mol. The lowest BCUT2D eigenvalue weighted by atomic mass is 10.1. The van der Waals surface area contributed by atoms with Gasteiger partial charge in [0.1, 0.15) is 0 Å². The molecule has 1 saturated heterocycles. The van der Waals surface area contributed by atoms with Crippen molar-refractivity contribution >= 4 is 72.1 Å². The van der Waals surface area contributed by atoms with Gasteiger partial charge in [0.15, 0.2) is 0 Å². The Kier molecular flexibility index (Phi) is 8.34. The van der Waals surface area contributed by atoms with Gasteiger partial charge >= 0.3 is 0 Å². The van der Waals surface area contributed by atoms with Gasteiger partial charge in [-0.25, -0.2) is 16.8 Å². The Hall–Kier alpha value is -2.38. The predicted octanol–water partition coefficient (Wildman–Crippen LogP) is 4.72. The van der Waals surface area contributed by atoms with E-state index in [0.29, 0.717) is 18.9 Å². The normalized spacial score (nSPS) is 14.8. The van der Waals surface area contributed by atoms with E-state index >= 15 is 0 Å². The summed E-state index contributed by atoms with van der Waals surface area (Å²) in [5.74, 6) is -0.668. The third-order valence-corrected chi connectivity index (χ3v) is 9.64. The van der Waals surface area contributed by atoms with Gasteiger partial charge in [0.2, 0.25) is 10.0 Å². The minimum absolute atomic E-state index is 0.0283. The molecule has 0 bridgehead atoms. The van der Waals surface area contributed by atoms with Crippen LogP contribution in [0.1, 0.15) is 10.4 Å². The molecule has 1 heterocycles. The number of amides is 1. The fourth-order valence-electron chi connectivity index (χ4n) is 3.49. The van der Waals surface area contributed by atoms with E-state index in [0.717, 1.165) is 0 Å². The standard InChI is InChI=1S/C23H20Cl3N3O6S2/c24-15-1-8-22(28-36(31,32)18-6-7-20(25)21(26)14-18)19(13-15)23(30)27-16-2-4-17(5-3-16)37(33,34)29-9-11-35-12-10-29/h1-8,13-14,28H,9-12H2,(H,27,30). The third-order valence-electron chi connectivity index (χ3n) is 5.39. The first kappa shape index (κ1) is 27.6. The summed E-state index contributed by atoms with van der Waals surface area (Å²) in [6, 6.07) is 13.5. The average molecular weight is 605 g/mol. The summed E-state index contributed by atoms with van der Waals surface area (Å²) in [5.41, 5.74) is 0.213. The van der Waals surface area contributed by atoms with Crippen LogP contribution in [0.5, 0.6) is 0 Å². The number of nitrogens with zero attached hydrogens (tertiary/aromatic N) is 1. The van der Waals surface area contributed by atoms with Crippen molar-refractivity contribution < 1.29 is 26.4 Å². The van der Waals surface area contributed by atoms with Gasteiger partial charge in [0.25, 0.3) is 15.9 Å². The number of ether oxygens (including phenoxy) is 1. The summed E-state index contributed by atoms with van der Waals surface area (Å²) in [6.45, 7) is 1.17. The van der Waals surface area contributed by atoms with Gasteiger partial charge in [0.05, 0.1) is 44.3 Å². The molecule has 1 aliphatic rings. The maximum Gasteiger partial charge on any atom is 0.261 e. The van der Waals surface area contributed by atoms with Crippen LogP contribution in [0.25, 0.3) is 0 Å². The van der Waals surface area contributed by atoms with Crippen molar-refractivity contribution in [1.82, 2.24) is 4.31 Å². The van der Waals surface area contributed by atoms with Gasteiger partial charge in [-0.05, 0) is 60.7 Å². The van der Waals surface area contributed by atoms with Crippen molar-refractivity contribution in [3.63, 3.8) is 0 Å². The van der Waals surface area contributed by atoms with Crippen LogP contribution in [0.2, 0.25) is 15.1 Å². The number of carbonyl (C=O) groups is 1. The maximum atomic E-state index is 13.1. The molecule has 0 aromatic heterocycles. The number of hydrogen-bond acceptors (Lipinski definition) is 6. The highest BCUT2D eigenvalue weighted by Crippen LogP contribution is 2.28. The molecule has 1 fully saturated rings. The zero-order chi connectivity index (χ0) is 26.8. The van der Waals surface area contributed by atoms with E-state index in [9.17, 15) is 21.6 Å². The first-order valence-electron chi connectivity index (χ1n) is 10.7. The second-order valence-electron chi connectivity index (χ2n) is 7.87. The van der Waals surface area contributed by atoms with Gasteiger partial charge in [-0.3, -0.25) is 9.52 Å². The van der Waals surface area contributed by atoms with Crippen LogP contribution in [0, 0.1) is 0 Å². The molecule has 0 atom stereocenters. The van der Waals surface area contributed by atoms with E-state index in [2.05, 4.69) is 10.0 Å². The van der Waals surface area contributed by atoms with Crippen molar-refractivity contribution in [3.05, 3.63) is 81.3 Å². The number of nitrogens with one attached hydrogen (secondary N) is 2. The molecule has 2 N–H and O–H groups in total. The van der Waals surface area contributed by atoms with Crippen LogP contribution < -0.4 is 10.0 Å². The lowest BCUT2D eigenvalue weighted by Gasteiger charge is -2.26. The summed E-state index contributed by atoms with van der Waals surface area (Å²) in [7, 11) is -7.82. The molecule has 196 valence electrons. The van der Waals surface area contributed by atoms with Crippen molar-refractivity contribution in [3.8, 4) is 0 Å². The first-order valence-corrected chi connectivity index (χ1v) is 14.8. The molecule has 37 heavy (non-hydrogen) atoms. The van der Waals surface area contributed by atoms with E-state index < -0.39 is 26.0 Å². The molecular formula is C23H20Cl3N3O6S2. The highest BCUT2D eigenvalue weighted by Gasteiger charge is 2.26. The fraction of sp³-hybridized carbons (Fsp3) is 0.174. The predicted molar refractivity (Wildman–Crippen MR) is 143 cm³/mol. The van der Waals surface area contributed by atoms with Crippen LogP contribution in [-0.4, -0.2) is 53.4 Å². The van der Waals surface area contributed by atoms with Gasteiger partial charge in [-0.15, -0.1) is 0 Å². The second-order valence-corrected chi connectivity index (χ2v) is 12.7. The number of anilines is 2. The van der Waals surface area contributed by atoms with Gasteiger partial charge in [0, 0.05) is 23.8 Å². The summed E-state index contributed by atoms with van der Waals surface area (Å²) < 4.78 is 60.3. The number of benzene rings is 3. The van der Waals surface area contributed by atoms with Gasteiger partial charge in [-0.2, -0.15) is 4.31 Å². The number of hydrogen-bond donors (Lipinski definition) is 2. The van der Waals surface area contributed by atoms with E-state index in [4.69, 9.17) is 39.5 Å². The van der Waals surface area contributed by atoms with E-state index in [1.807, 2.05) is 0 Å². The molecule has 3 aromatic carbocycles. The lowest BCUT2D eigenvalue weighted by molar-refractivity contribution is 0.0730. The summed E-state index contributed by atoms with van der Waals surface area (Å²) in [5, 5.41) is 3.07. The largest absolute Gasteiger partial charge is 0.379 e. The van der Waals surface area contributed by atoms with Gasteiger partial charge < -0.3 is 10.1 Å². The molecule has 0 aliphatic carbocycles. The first-order chi connectivity index (χ1) is 17.5. The maximum absolute atomic E-state index is 13.1. The molecule has 1 aliphatic heterocycles. The quantitative estimate of drug-likeness (QED) is 0.403. The Balaban J connectivity index is 1.55. The SMILES string of the molecule is O=C(Nc1ccc(S(=O)(=O)N2CCOCC2)cc1)c1cc(Cl)ccc1NS(=O)(=O)c1ccc(Cl)c(Cl)c1. The molecule has 0 radical (unpaired) electrons. The van der Waals surface area contributed by atoms with Crippen LogP contribution in [0.4, 0.5) is 11.4 Å². The molecule has 0 saturated carbocycles. The molecule has 3 aromatic rings. The molecule has 14 heteroatoms. The summed E-state index contributed by atoms with van der Waals surface area (Å²) in [6.07, 6.45) is 0. The van der Waals surface area contributed by atoms with Crippen molar-refractivity contribution in [2.75, 3.05) is 36.3 Å². The van der Waals surface area contributed by atoms with Crippen LogP contribution in [0.3, 0.4) is 0 Å². The smallest absolute Gasteiger partial charge is 0.261 e. The van der Waals surface area contributed by atoms with Gasteiger partial charge in [-0.1, -0.05) is 34.8 Å². The van der Waals surface area contributed by atoms with Crippen molar-refractivity contribution in [1.29, 1.82) is 0 Å². The second kappa shape index (κ2) is 11.2. The molecule has 1 amide bonds. The van der Waals surface area contributed by atoms with Crippen LogP contribution in [-0.2, 0) is 24.8 Å². The molecule has 4 rings (SSSR count). The van der Waals surface area contributed by atoms with E-state index in [-0.39, 0.29) is 49.2 Å². The average Bonchev–Trinajstić information content (AvgIpc) is 2.87. The lowest BCUT2D eigenvalue weighted by Crippen LogP contribution is -2.40. The zero-order valence-corrected chi connectivity index (χ0v) is 22.8. The highest BCUT2D eigenvalue weighted by molar-refractivity contribution is 7.92. The Bertz CT molecular complexity index is 1540. The number of carbonyl (C=O) groups excluding carboxylic acids is 1. The van der Waals surface area contributed by atoms with Crippen molar-refractivity contribution in [2.45, 2.75) is 9.79 Å². The molecular weight excluding hydrogens is 585 g/mol. The highest BCUT2D eigenvalue weighted by atomic mass is 35.5. The Labute approximate surface area is 229 Å². The Morgan fingerprint density at radius 2 is 1.46 bits per heavy atom. The number of halogens is 3. The Morgan fingerprint density at radius 1 is 0.811 bits per heavy atom. The van der Waals surface area contributed by atoms with E-state index in [1.54, 1.807) is 0 Å². The molecule has 9 nitrogen and oxygen atoms in total. The fourth-order valence-corrected chi connectivity index (χ4v) is 6.53. The summed E-state index contributed by atoms with van der Waals surface area (Å²) >= 11 is 17.9. The topological polar surface area (TPSA) is 122 Å². The Morgan fingerprint density at radius 3 is 2.11 bits per heavy atom. The number of rotatable bonds is 7. The van der Waals surface area contributed by atoms with Crippen molar-refractivity contribution in [2.24, 2.45) is 0 Å². The third kappa shape index (κ3) is 6.37. The minimum atomic E-state index is -4.12. The summed E-state index contributed by atoms with van der Waals surface area (Å²) in [4.78, 5) is 13.0. The van der Waals surface area contributed by atoms with Crippen LogP contribution in [0.15, 0.2) is 70.5 Å². The minimum Gasteiger partial charge on any atom is -0.379 e.